The van der Waals surface area contributed by atoms with Crippen molar-refractivity contribution in [3.05, 3.63) is 41.1 Å². The van der Waals surface area contributed by atoms with Crippen molar-refractivity contribution in [3.63, 3.8) is 0 Å². The van der Waals surface area contributed by atoms with E-state index in [1.54, 1.807) is 4.90 Å². The van der Waals surface area contributed by atoms with Crippen LogP contribution in [0.2, 0.25) is 0 Å². The molecule has 0 spiro atoms. The van der Waals surface area contributed by atoms with Gasteiger partial charge in [-0.2, -0.15) is 5.10 Å². The number of aromatic amines is 1. The number of amidine groups is 1. The molecule has 0 atom stereocenters. The molecule has 0 fully saturated rings. The van der Waals surface area contributed by atoms with Gasteiger partial charge in [0.05, 0.1) is 18.4 Å². The first-order valence-electron chi connectivity index (χ1n) is 8.22. The fourth-order valence-corrected chi connectivity index (χ4v) is 2.59. The lowest BCUT2D eigenvalue weighted by Crippen LogP contribution is -2.39. The Balaban J connectivity index is 1.82. The van der Waals surface area contributed by atoms with Crippen molar-refractivity contribution in [2.75, 3.05) is 6.54 Å². The molecule has 3 N–H and O–H groups in total. The van der Waals surface area contributed by atoms with Crippen molar-refractivity contribution in [2.24, 2.45) is 10.7 Å². The van der Waals surface area contributed by atoms with Gasteiger partial charge in [-0.25, -0.2) is 14.2 Å². The molecule has 0 saturated carbocycles. The number of nitrogens with one attached hydrogen (secondary N) is 1. The fourth-order valence-electron chi connectivity index (χ4n) is 2.59. The standard InChI is InChI=1S/C17H21FN6O2/c1-17(2,3)26-16(25)24-5-4-13-12(9-24)15(23-22-13)21-14(19)10-6-11(18)8-20-7-10/h6-8H,4-5,9H2,1-3H3,(H3,19,21,22,23). The highest BCUT2D eigenvalue weighted by atomic mass is 19.1. The van der Waals surface area contributed by atoms with Crippen LogP contribution in [0.25, 0.3) is 0 Å². The molecule has 2 aromatic heterocycles. The number of amides is 1. The third kappa shape index (κ3) is 3.98. The summed E-state index contributed by atoms with van der Waals surface area (Å²) in [5.74, 6) is 0.0521. The number of aromatic nitrogens is 3. The van der Waals surface area contributed by atoms with Crippen LogP contribution in [-0.4, -0.2) is 44.2 Å². The van der Waals surface area contributed by atoms with E-state index in [1.165, 1.54) is 12.3 Å². The number of nitrogens with zero attached hydrogens (tertiary/aromatic N) is 4. The van der Waals surface area contributed by atoms with E-state index in [4.69, 9.17) is 10.5 Å². The smallest absolute Gasteiger partial charge is 0.410 e. The maximum absolute atomic E-state index is 13.3. The maximum Gasteiger partial charge on any atom is 0.410 e. The maximum atomic E-state index is 13.3. The Bertz CT molecular complexity index is 855. The second kappa shape index (κ2) is 6.74. The Labute approximate surface area is 150 Å². The third-order valence-corrected chi connectivity index (χ3v) is 3.78. The van der Waals surface area contributed by atoms with E-state index in [-0.39, 0.29) is 11.9 Å². The number of nitrogens with two attached hydrogens (primary N) is 1. The van der Waals surface area contributed by atoms with Gasteiger partial charge < -0.3 is 15.4 Å². The zero-order valence-corrected chi connectivity index (χ0v) is 14.9. The Hall–Kier alpha value is -2.97. The largest absolute Gasteiger partial charge is 0.444 e. The minimum absolute atomic E-state index is 0.109. The van der Waals surface area contributed by atoms with Crippen LogP contribution >= 0.6 is 0 Å². The van der Waals surface area contributed by atoms with Crippen LogP contribution in [0.1, 0.15) is 37.6 Å². The number of halogens is 1. The van der Waals surface area contributed by atoms with Crippen molar-refractivity contribution < 1.29 is 13.9 Å². The number of rotatable bonds is 2. The summed E-state index contributed by atoms with van der Waals surface area (Å²) in [5, 5.41) is 7.06. The summed E-state index contributed by atoms with van der Waals surface area (Å²) in [6.07, 6.45) is 2.72. The van der Waals surface area contributed by atoms with Crippen LogP contribution in [0, 0.1) is 5.82 Å². The number of hydrogen-bond donors (Lipinski definition) is 2. The minimum atomic E-state index is -0.566. The van der Waals surface area contributed by atoms with Crippen molar-refractivity contribution in [1.82, 2.24) is 20.1 Å². The van der Waals surface area contributed by atoms with Gasteiger partial charge in [0.15, 0.2) is 5.82 Å². The van der Waals surface area contributed by atoms with E-state index < -0.39 is 11.4 Å². The number of aliphatic imine (C=N–C) groups is 1. The van der Waals surface area contributed by atoms with E-state index in [9.17, 15) is 9.18 Å². The summed E-state index contributed by atoms with van der Waals surface area (Å²) in [6.45, 7) is 6.29. The van der Waals surface area contributed by atoms with Crippen molar-refractivity contribution in [1.29, 1.82) is 0 Å². The van der Waals surface area contributed by atoms with Gasteiger partial charge in [0, 0.05) is 30.3 Å². The molecule has 2 aromatic rings. The van der Waals surface area contributed by atoms with Gasteiger partial charge in [0.1, 0.15) is 17.3 Å². The molecule has 1 aliphatic heterocycles. The highest BCUT2D eigenvalue weighted by molar-refractivity contribution is 5.98. The average molecular weight is 360 g/mol. The zero-order chi connectivity index (χ0) is 18.9. The van der Waals surface area contributed by atoms with E-state index >= 15 is 0 Å². The predicted octanol–water partition coefficient (Wildman–Crippen LogP) is 2.27. The van der Waals surface area contributed by atoms with Crippen molar-refractivity contribution in [3.8, 4) is 0 Å². The van der Waals surface area contributed by atoms with Crippen LogP contribution in [-0.2, 0) is 17.7 Å². The first kappa shape index (κ1) is 17.8. The molecule has 26 heavy (non-hydrogen) atoms. The highest BCUT2D eigenvalue weighted by Gasteiger charge is 2.28. The first-order valence-corrected chi connectivity index (χ1v) is 8.22. The van der Waals surface area contributed by atoms with Gasteiger partial charge in [0.25, 0.3) is 0 Å². The molecule has 0 saturated heterocycles. The normalized spacial score (nSPS) is 14.9. The van der Waals surface area contributed by atoms with Gasteiger partial charge in [-0.1, -0.05) is 0 Å². The topological polar surface area (TPSA) is 109 Å². The summed E-state index contributed by atoms with van der Waals surface area (Å²) >= 11 is 0. The third-order valence-electron chi connectivity index (χ3n) is 3.78. The molecule has 0 unspecified atom stereocenters. The molecular formula is C17H21FN6O2. The Morgan fingerprint density at radius 3 is 2.88 bits per heavy atom. The van der Waals surface area contributed by atoms with Gasteiger partial charge in [-0.05, 0) is 26.8 Å². The molecule has 0 aliphatic carbocycles. The number of hydrogen-bond acceptors (Lipinski definition) is 5. The predicted molar refractivity (Wildman–Crippen MR) is 93.5 cm³/mol. The van der Waals surface area contributed by atoms with Crippen LogP contribution < -0.4 is 5.73 Å². The molecule has 0 radical (unpaired) electrons. The molecule has 9 heteroatoms. The Kier molecular flexibility index (Phi) is 4.62. The van der Waals surface area contributed by atoms with E-state index in [0.717, 1.165) is 17.5 Å². The molecule has 138 valence electrons. The summed E-state index contributed by atoms with van der Waals surface area (Å²) < 4.78 is 18.7. The fraction of sp³-hybridized carbons (Fsp3) is 0.412. The second-order valence-corrected chi connectivity index (χ2v) is 7.04. The van der Waals surface area contributed by atoms with Gasteiger partial charge in [-0.3, -0.25) is 10.1 Å². The molecule has 1 amide bonds. The van der Waals surface area contributed by atoms with E-state index in [0.29, 0.717) is 30.9 Å². The first-order chi connectivity index (χ1) is 12.2. The minimum Gasteiger partial charge on any atom is -0.444 e. The summed E-state index contributed by atoms with van der Waals surface area (Å²) in [4.78, 5) is 22.0. The number of ether oxygens (including phenoxy) is 1. The van der Waals surface area contributed by atoms with Crippen molar-refractivity contribution in [2.45, 2.75) is 39.3 Å². The lowest BCUT2D eigenvalue weighted by atomic mass is 10.1. The quantitative estimate of drug-likeness (QED) is 0.631. The van der Waals surface area contributed by atoms with Gasteiger partial charge in [0.2, 0.25) is 0 Å². The highest BCUT2D eigenvalue weighted by Crippen LogP contribution is 2.27. The van der Waals surface area contributed by atoms with Gasteiger partial charge >= 0.3 is 6.09 Å². The molecule has 3 heterocycles. The van der Waals surface area contributed by atoms with Crippen LogP contribution in [0.3, 0.4) is 0 Å². The van der Waals surface area contributed by atoms with Crippen LogP contribution in [0.15, 0.2) is 23.5 Å². The summed E-state index contributed by atoms with van der Waals surface area (Å²) in [7, 11) is 0. The number of H-pyrrole nitrogens is 1. The van der Waals surface area contributed by atoms with Gasteiger partial charge in [-0.15, -0.1) is 0 Å². The molecule has 8 nitrogen and oxygen atoms in total. The number of carbonyl (C=O) groups excluding carboxylic acids is 1. The van der Waals surface area contributed by atoms with Crippen LogP contribution in [0.4, 0.5) is 15.0 Å². The van der Waals surface area contributed by atoms with E-state index in [1.807, 2.05) is 20.8 Å². The molecule has 3 rings (SSSR count). The zero-order valence-electron chi connectivity index (χ0n) is 14.9. The second-order valence-electron chi connectivity index (χ2n) is 7.04. The van der Waals surface area contributed by atoms with Crippen molar-refractivity contribution >= 4 is 17.7 Å². The lowest BCUT2D eigenvalue weighted by Gasteiger charge is -2.29. The average Bonchev–Trinajstić information content (AvgIpc) is 2.95. The lowest BCUT2D eigenvalue weighted by molar-refractivity contribution is 0.0224. The summed E-state index contributed by atoms with van der Waals surface area (Å²) in [6, 6.07) is 1.25. The number of carbonyl (C=O) groups is 1. The SMILES string of the molecule is CC(C)(C)OC(=O)N1CCc2n[nH]c(/N=C(\N)c3cncc(F)c3)c2C1. The molecular weight excluding hydrogens is 339 g/mol. The Morgan fingerprint density at radius 2 is 2.19 bits per heavy atom. The Morgan fingerprint density at radius 1 is 1.42 bits per heavy atom. The molecule has 0 bridgehead atoms. The number of pyridine rings is 1. The summed E-state index contributed by atoms with van der Waals surface area (Å²) in [5.41, 5.74) is 7.36. The molecule has 0 aromatic carbocycles. The number of fused-ring (bicyclic) bond motifs is 1. The monoisotopic (exact) mass is 360 g/mol. The molecule has 1 aliphatic rings. The van der Waals surface area contributed by atoms with E-state index in [2.05, 4.69) is 20.2 Å². The van der Waals surface area contributed by atoms with Crippen LogP contribution in [0.5, 0.6) is 0 Å².